The third-order valence-corrected chi connectivity index (χ3v) is 6.63. The number of aliphatic imine (C=N–C) groups is 1. The molecule has 30 heavy (non-hydrogen) atoms. The van der Waals surface area contributed by atoms with Gasteiger partial charge in [0.15, 0.2) is 5.96 Å². The minimum Gasteiger partial charge on any atom is -0.379 e. The van der Waals surface area contributed by atoms with Gasteiger partial charge in [-0.1, -0.05) is 6.07 Å². The maximum atomic E-state index is 13.0. The summed E-state index contributed by atoms with van der Waals surface area (Å²) in [5.74, 6) is 0.749. The molecule has 2 unspecified atom stereocenters. The molecule has 0 aliphatic carbocycles. The Kier molecular flexibility index (Phi) is 10.1. The van der Waals surface area contributed by atoms with Gasteiger partial charge in [-0.2, -0.15) is 13.2 Å². The van der Waals surface area contributed by atoms with Gasteiger partial charge in [0.1, 0.15) is 6.04 Å². The highest BCUT2D eigenvalue weighted by atomic mass is 127. The topological polar surface area (TPSA) is 43.3 Å². The van der Waals surface area contributed by atoms with Crippen LogP contribution in [0.4, 0.5) is 13.2 Å². The predicted molar refractivity (Wildman–Crippen MR) is 125 cm³/mol. The first-order chi connectivity index (χ1) is 13.9. The molecular formula is C19H31F3IN5OS. The number of ether oxygens (including phenoxy) is 1. The fourth-order valence-corrected chi connectivity index (χ4v) is 4.69. The molecule has 1 aromatic heterocycles. The average Bonchev–Trinajstić information content (AvgIpc) is 3.25. The second-order valence-electron chi connectivity index (χ2n) is 7.35. The number of nitrogens with zero attached hydrogens (tertiary/aromatic N) is 4. The van der Waals surface area contributed by atoms with Crippen molar-refractivity contribution in [3.63, 3.8) is 0 Å². The molecule has 0 amide bonds. The third kappa shape index (κ3) is 6.68. The summed E-state index contributed by atoms with van der Waals surface area (Å²) in [7, 11) is 1.72. The van der Waals surface area contributed by atoms with Crippen molar-refractivity contribution in [2.24, 2.45) is 4.99 Å². The van der Waals surface area contributed by atoms with Crippen LogP contribution in [0.2, 0.25) is 0 Å². The van der Waals surface area contributed by atoms with Gasteiger partial charge in [-0.25, -0.2) is 0 Å². The molecule has 2 saturated heterocycles. The van der Waals surface area contributed by atoms with Crippen LogP contribution >= 0.6 is 35.3 Å². The number of morpholine rings is 1. The molecule has 0 saturated carbocycles. The standard InChI is InChI=1S/C19H30F3N5OS.HI/c1-15(19(20,21)22)25-5-7-27(8-6-25)18(23-2)24-14-16(17-4-3-13-29-17)26-9-11-28-12-10-26;/h3-4,13,15-16H,5-12,14H2,1-2H3,(H,23,24);1H. The Balaban J connectivity index is 0.00000320. The van der Waals surface area contributed by atoms with Gasteiger partial charge in [-0.15, -0.1) is 35.3 Å². The van der Waals surface area contributed by atoms with Gasteiger partial charge in [0.05, 0.1) is 19.3 Å². The van der Waals surface area contributed by atoms with E-state index >= 15 is 0 Å². The SMILES string of the molecule is CN=C(NCC(c1cccs1)N1CCOCC1)N1CCN(C(C)C(F)(F)F)CC1.I. The van der Waals surface area contributed by atoms with Gasteiger partial charge in [0.2, 0.25) is 0 Å². The molecular weight excluding hydrogens is 530 g/mol. The number of rotatable bonds is 5. The number of hydrogen-bond acceptors (Lipinski definition) is 5. The maximum Gasteiger partial charge on any atom is 0.403 e. The van der Waals surface area contributed by atoms with Crippen LogP contribution < -0.4 is 5.32 Å². The lowest BCUT2D eigenvalue weighted by Gasteiger charge is -2.40. The monoisotopic (exact) mass is 561 g/mol. The van der Waals surface area contributed by atoms with Crippen LogP contribution in [-0.2, 0) is 4.74 Å². The van der Waals surface area contributed by atoms with Gasteiger partial charge in [-0.05, 0) is 18.4 Å². The number of thiophene rings is 1. The Morgan fingerprint density at radius 3 is 2.37 bits per heavy atom. The van der Waals surface area contributed by atoms with Crippen molar-refractivity contribution in [1.82, 2.24) is 20.0 Å². The van der Waals surface area contributed by atoms with Crippen molar-refractivity contribution in [3.05, 3.63) is 22.4 Å². The van der Waals surface area contributed by atoms with Gasteiger partial charge in [0, 0.05) is 57.7 Å². The van der Waals surface area contributed by atoms with Gasteiger partial charge in [0.25, 0.3) is 0 Å². The summed E-state index contributed by atoms with van der Waals surface area (Å²) in [6.07, 6.45) is -4.19. The van der Waals surface area contributed by atoms with E-state index in [2.05, 4.69) is 32.7 Å². The van der Waals surface area contributed by atoms with Crippen LogP contribution in [0, 0.1) is 0 Å². The van der Waals surface area contributed by atoms with Crippen LogP contribution in [0.25, 0.3) is 0 Å². The molecule has 6 nitrogen and oxygen atoms in total. The van der Waals surface area contributed by atoms with Crippen molar-refractivity contribution >= 4 is 41.3 Å². The van der Waals surface area contributed by atoms with E-state index in [1.165, 1.54) is 16.7 Å². The molecule has 0 radical (unpaired) electrons. The second-order valence-corrected chi connectivity index (χ2v) is 8.33. The van der Waals surface area contributed by atoms with Gasteiger partial charge >= 0.3 is 6.18 Å². The first kappa shape index (κ1) is 25.6. The molecule has 11 heteroatoms. The van der Waals surface area contributed by atoms with E-state index in [1.54, 1.807) is 18.4 Å². The number of nitrogens with one attached hydrogen (secondary N) is 1. The lowest BCUT2D eigenvalue weighted by Crippen LogP contribution is -2.57. The van der Waals surface area contributed by atoms with Gasteiger partial charge < -0.3 is 15.0 Å². The fourth-order valence-electron chi connectivity index (χ4n) is 3.83. The molecule has 2 fully saturated rings. The zero-order valence-corrected chi connectivity index (χ0v) is 20.5. The van der Waals surface area contributed by atoms with Crippen LogP contribution in [0.1, 0.15) is 17.8 Å². The first-order valence-electron chi connectivity index (χ1n) is 10.0. The van der Waals surface area contributed by atoms with E-state index in [1.807, 2.05) is 4.90 Å². The Bertz CT molecular complexity index is 647. The average molecular weight is 561 g/mol. The van der Waals surface area contributed by atoms with E-state index in [9.17, 15) is 13.2 Å². The third-order valence-electron chi connectivity index (χ3n) is 5.66. The lowest BCUT2D eigenvalue weighted by molar-refractivity contribution is -0.181. The quantitative estimate of drug-likeness (QED) is 0.341. The Labute approximate surface area is 197 Å². The molecule has 3 rings (SSSR count). The summed E-state index contributed by atoms with van der Waals surface area (Å²) in [6, 6.07) is 3.02. The molecule has 2 aliphatic rings. The van der Waals surface area contributed by atoms with Crippen molar-refractivity contribution in [2.75, 3.05) is 66.1 Å². The Morgan fingerprint density at radius 1 is 1.17 bits per heavy atom. The van der Waals surface area contributed by atoms with Crippen molar-refractivity contribution in [3.8, 4) is 0 Å². The summed E-state index contributed by atoms with van der Waals surface area (Å²) >= 11 is 1.74. The summed E-state index contributed by atoms with van der Waals surface area (Å²) < 4.78 is 44.4. The first-order valence-corrected chi connectivity index (χ1v) is 10.9. The number of hydrogen-bond donors (Lipinski definition) is 1. The van der Waals surface area contributed by atoms with Crippen molar-refractivity contribution < 1.29 is 17.9 Å². The fraction of sp³-hybridized carbons (Fsp3) is 0.737. The van der Waals surface area contributed by atoms with Crippen molar-refractivity contribution in [1.29, 1.82) is 0 Å². The normalized spacial score (nSPS) is 21.8. The minimum atomic E-state index is -4.19. The zero-order chi connectivity index (χ0) is 20.9. The van der Waals surface area contributed by atoms with Gasteiger partial charge in [-0.3, -0.25) is 14.8 Å². The number of guanidine groups is 1. The Hall–Kier alpha value is -0.630. The van der Waals surface area contributed by atoms with Crippen LogP contribution in [0.15, 0.2) is 22.5 Å². The zero-order valence-electron chi connectivity index (χ0n) is 17.4. The van der Waals surface area contributed by atoms with E-state index in [0.717, 1.165) is 32.3 Å². The largest absolute Gasteiger partial charge is 0.403 e. The number of halogens is 4. The Morgan fingerprint density at radius 2 is 1.83 bits per heavy atom. The summed E-state index contributed by atoms with van der Waals surface area (Å²) in [6.45, 7) is 6.98. The molecule has 1 N–H and O–H groups in total. The smallest absolute Gasteiger partial charge is 0.379 e. The summed E-state index contributed by atoms with van der Waals surface area (Å²) in [4.78, 5) is 11.6. The predicted octanol–water partition coefficient (Wildman–Crippen LogP) is 2.88. The molecule has 2 aliphatic heterocycles. The highest BCUT2D eigenvalue weighted by Gasteiger charge is 2.41. The number of alkyl halides is 3. The molecule has 0 spiro atoms. The van der Waals surface area contributed by atoms with E-state index in [4.69, 9.17) is 4.74 Å². The van der Waals surface area contributed by atoms with E-state index < -0.39 is 12.2 Å². The molecule has 3 heterocycles. The highest BCUT2D eigenvalue weighted by Crippen LogP contribution is 2.26. The van der Waals surface area contributed by atoms with E-state index in [0.29, 0.717) is 32.7 Å². The van der Waals surface area contributed by atoms with Crippen LogP contribution in [0.5, 0.6) is 0 Å². The van der Waals surface area contributed by atoms with Crippen LogP contribution in [-0.4, -0.2) is 99.0 Å². The molecule has 172 valence electrons. The molecule has 2 atom stereocenters. The molecule has 0 bridgehead atoms. The van der Waals surface area contributed by atoms with E-state index in [-0.39, 0.29) is 30.0 Å². The number of piperazine rings is 1. The summed E-state index contributed by atoms with van der Waals surface area (Å²) in [5.41, 5.74) is 0. The maximum absolute atomic E-state index is 13.0. The van der Waals surface area contributed by atoms with Crippen LogP contribution in [0.3, 0.4) is 0 Å². The molecule has 0 aromatic carbocycles. The van der Waals surface area contributed by atoms with Crippen molar-refractivity contribution in [2.45, 2.75) is 25.2 Å². The summed E-state index contributed by atoms with van der Waals surface area (Å²) in [5, 5.41) is 5.54. The molecule has 1 aromatic rings. The lowest BCUT2D eigenvalue weighted by atomic mass is 10.2. The second kappa shape index (κ2) is 11.8. The minimum absolute atomic E-state index is 0. The highest BCUT2D eigenvalue weighted by molar-refractivity contribution is 14.0.